The number of rotatable bonds is 5. The molecule has 2 heteroatoms. The van der Waals surface area contributed by atoms with Gasteiger partial charge < -0.3 is 5.73 Å². The molecule has 0 radical (unpaired) electrons. The number of hydrogen-bond donors (Lipinski definition) is 1. The fourth-order valence-corrected chi connectivity index (χ4v) is 3.08. The van der Waals surface area contributed by atoms with Crippen LogP contribution in [0.25, 0.3) is 0 Å². The third-order valence-electron chi connectivity index (χ3n) is 3.34. The van der Waals surface area contributed by atoms with Crippen molar-refractivity contribution >= 4 is 11.8 Å². The Labute approximate surface area is 120 Å². The van der Waals surface area contributed by atoms with Crippen LogP contribution in [0.3, 0.4) is 0 Å². The molecule has 0 heterocycles. The van der Waals surface area contributed by atoms with Crippen LogP contribution >= 0.6 is 11.8 Å². The predicted molar refractivity (Wildman–Crippen MR) is 84.5 cm³/mol. The standard InChI is InChI=1S/C17H21NS/c1-3-14-9-11-15(12-10-14)17(18)13(2)19-16-7-5-4-6-8-16/h4-13,17H,3,18H2,1-2H3. The van der Waals surface area contributed by atoms with Crippen molar-refractivity contribution in [2.45, 2.75) is 36.5 Å². The Balaban J connectivity index is 2.03. The van der Waals surface area contributed by atoms with Gasteiger partial charge in [-0.05, 0) is 29.7 Å². The van der Waals surface area contributed by atoms with Gasteiger partial charge in [-0.15, -0.1) is 11.8 Å². The van der Waals surface area contributed by atoms with Crippen molar-refractivity contribution in [1.29, 1.82) is 0 Å². The van der Waals surface area contributed by atoms with E-state index in [4.69, 9.17) is 5.73 Å². The van der Waals surface area contributed by atoms with Crippen LogP contribution in [0.1, 0.15) is 31.0 Å². The van der Waals surface area contributed by atoms with E-state index in [0.717, 1.165) is 6.42 Å². The molecule has 2 rings (SSSR count). The summed E-state index contributed by atoms with van der Waals surface area (Å²) >= 11 is 1.83. The van der Waals surface area contributed by atoms with Gasteiger partial charge >= 0.3 is 0 Å². The highest BCUT2D eigenvalue weighted by Crippen LogP contribution is 2.30. The van der Waals surface area contributed by atoms with Crippen molar-refractivity contribution in [2.75, 3.05) is 0 Å². The van der Waals surface area contributed by atoms with Crippen LogP contribution in [0.4, 0.5) is 0 Å². The maximum atomic E-state index is 6.36. The molecule has 0 amide bonds. The quantitative estimate of drug-likeness (QED) is 0.814. The minimum atomic E-state index is 0.0658. The zero-order valence-corrected chi connectivity index (χ0v) is 12.4. The second kappa shape index (κ2) is 6.78. The Morgan fingerprint density at radius 2 is 1.63 bits per heavy atom. The van der Waals surface area contributed by atoms with Crippen LogP contribution in [-0.4, -0.2) is 5.25 Å². The molecule has 2 unspecified atom stereocenters. The molecule has 100 valence electrons. The normalized spacial score (nSPS) is 14.1. The van der Waals surface area contributed by atoms with Gasteiger partial charge in [0.2, 0.25) is 0 Å². The number of thioether (sulfide) groups is 1. The molecule has 2 N–H and O–H groups in total. The Kier molecular flexibility index (Phi) is 5.06. The third-order valence-corrected chi connectivity index (χ3v) is 4.55. The Hall–Kier alpha value is -1.25. The highest BCUT2D eigenvalue weighted by molar-refractivity contribution is 8.00. The lowest BCUT2D eigenvalue weighted by Crippen LogP contribution is -2.21. The number of benzene rings is 2. The summed E-state index contributed by atoms with van der Waals surface area (Å²) in [6.07, 6.45) is 1.07. The maximum absolute atomic E-state index is 6.36. The lowest BCUT2D eigenvalue weighted by molar-refractivity contribution is 0.714. The van der Waals surface area contributed by atoms with Crippen molar-refractivity contribution in [3.63, 3.8) is 0 Å². The molecule has 0 aromatic heterocycles. The highest BCUT2D eigenvalue weighted by atomic mass is 32.2. The van der Waals surface area contributed by atoms with E-state index in [-0.39, 0.29) is 6.04 Å². The molecule has 0 spiro atoms. The molecule has 0 aliphatic carbocycles. The summed E-state index contributed by atoms with van der Waals surface area (Å²) in [6, 6.07) is 19.2. The van der Waals surface area contributed by atoms with E-state index < -0.39 is 0 Å². The molecule has 2 atom stereocenters. The topological polar surface area (TPSA) is 26.0 Å². The van der Waals surface area contributed by atoms with Crippen LogP contribution in [0.5, 0.6) is 0 Å². The van der Waals surface area contributed by atoms with Gasteiger partial charge in [0.05, 0.1) is 0 Å². The van der Waals surface area contributed by atoms with Crippen LogP contribution in [0.2, 0.25) is 0 Å². The largest absolute Gasteiger partial charge is 0.323 e. The summed E-state index contributed by atoms with van der Waals surface area (Å²) < 4.78 is 0. The van der Waals surface area contributed by atoms with E-state index in [9.17, 15) is 0 Å². The van der Waals surface area contributed by atoms with Gasteiger partial charge in [0.1, 0.15) is 0 Å². The molecular formula is C17H21NS. The Morgan fingerprint density at radius 3 is 2.21 bits per heavy atom. The zero-order valence-electron chi connectivity index (χ0n) is 11.5. The van der Waals surface area contributed by atoms with E-state index >= 15 is 0 Å². The predicted octanol–water partition coefficient (Wildman–Crippen LogP) is 4.43. The van der Waals surface area contributed by atoms with Crippen molar-refractivity contribution in [3.8, 4) is 0 Å². The minimum Gasteiger partial charge on any atom is -0.323 e. The summed E-state index contributed by atoms with van der Waals surface area (Å²) in [6.45, 7) is 4.36. The number of aryl methyl sites for hydroxylation is 1. The van der Waals surface area contributed by atoms with Crippen LogP contribution in [-0.2, 0) is 6.42 Å². The van der Waals surface area contributed by atoms with Crippen molar-refractivity contribution in [2.24, 2.45) is 5.73 Å². The molecule has 1 nitrogen and oxygen atoms in total. The monoisotopic (exact) mass is 271 g/mol. The molecule has 2 aromatic rings. The van der Waals surface area contributed by atoms with Crippen LogP contribution in [0.15, 0.2) is 59.5 Å². The van der Waals surface area contributed by atoms with E-state index in [1.54, 1.807) is 0 Å². The molecule has 0 saturated heterocycles. The van der Waals surface area contributed by atoms with Gasteiger partial charge in [-0.3, -0.25) is 0 Å². The molecule has 19 heavy (non-hydrogen) atoms. The Bertz CT molecular complexity index is 492. The molecule has 2 aromatic carbocycles. The first-order valence-corrected chi connectivity index (χ1v) is 7.64. The van der Waals surface area contributed by atoms with Crippen LogP contribution in [0, 0.1) is 0 Å². The maximum Gasteiger partial charge on any atom is 0.0416 e. The zero-order chi connectivity index (χ0) is 13.7. The molecule has 0 bridgehead atoms. The first-order valence-electron chi connectivity index (χ1n) is 6.77. The summed E-state index contributed by atoms with van der Waals surface area (Å²) in [5.41, 5.74) is 8.93. The summed E-state index contributed by atoms with van der Waals surface area (Å²) in [7, 11) is 0. The van der Waals surface area contributed by atoms with Gasteiger partial charge in [0, 0.05) is 16.2 Å². The van der Waals surface area contributed by atoms with Gasteiger partial charge in [-0.25, -0.2) is 0 Å². The molecular weight excluding hydrogens is 250 g/mol. The van der Waals surface area contributed by atoms with Gasteiger partial charge in [-0.2, -0.15) is 0 Å². The fraction of sp³-hybridized carbons (Fsp3) is 0.294. The molecule has 0 aliphatic rings. The SMILES string of the molecule is CCc1ccc(C(N)C(C)Sc2ccccc2)cc1. The van der Waals surface area contributed by atoms with Gasteiger partial charge in [0.25, 0.3) is 0 Å². The molecule has 0 aliphatic heterocycles. The second-order valence-electron chi connectivity index (χ2n) is 4.76. The van der Waals surface area contributed by atoms with Crippen molar-refractivity contribution < 1.29 is 0 Å². The summed E-state index contributed by atoms with van der Waals surface area (Å²) in [5, 5.41) is 0.356. The summed E-state index contributed by atoms with van der Waals surface area (Å²) in [4.78, 5) is 1.27. The number of nitrogens with two attached hydrogens (primary N) is 1. The van der Waals surface area contributed by atoms with E-state index in [1.807, 2.05) is 17.8 Å². The fourth-order valence-electron chi connectivity index (χ4n) is 2.03. The average molecular weight is 271 g/mol. The lowest BCUT2D eigenvalue weighted by Gasteiger charge is -2.20. The summed E-state index contributed by atoms with van der Waals surface area (Å²) in [5.74, 6) is 0. The third kappa shape index (κ3) is 3.85. The molecule has 0 saturated carbocycles. The number of hydrogen-bond acceptors (Lipinski definition) is 2. The van der Waals surface area contributed by atoms with E-state index in [2.05, 4.69) is 62.4 Å². The first kappa shape index (κ1) is 14.2. The van der Waals surface area contributed by atoms with E-state index in [0.29, 0.717) is 5.25 Å². The Morgan fingerprint density at radius 1 is 1.00 bits per heavy atom. The second-order valence-corrected chi connectivity index (χ2v) is 6.21. The van der Waals surface area contributed by atoms with Crippen molar-refractivity contribution in [3.05, 3.63) is 65.7 Å². The van der Waals surface area contributed by atoms with E-state index in [1.165, 1.54) is 16.0 Å². The lowest BCUT2D eigenvalue weighted by atomic mass is 10.0. The van der Waals surface area contributed by atoms with Gasteiger partial charge in [0.15, 0.2) is 0 Å². The van der Waals surface area contributed by atoms with Gasteiger partial charge in [-0.1, -0.05) is 56.3 Å². The minimum absolute atomic E-state index is 0.0658. The van der Waals surface area contributed by atoms with Crippen LogP contribution < -0.4 is 5.73 Å². The first-order chi connectivity index (χ1) is 9.20. The average Bonchev–Trinajstić information content (AvgIpc) is 2.47. The highest BCUT2D eigenvalue weighted by Gasteiger charge is 2.15. The molecule has 0 fully saturated rings. The smallest absolute Gasteiger partial charge is 0.0416 e. The van der Waals surface area contributed by atoms with Crippen molar-refractivity contribution in [1.82, 2.24) is 0 Å².